The van der Waals surface area contributed by atoms with Crippen LogP contribution in [0.3, 0.4) is 0 Å². The topological polar surface area (TPSA) is 38.0 Å². The summed E-state index contributed by atoms with van der Waals surface area (Å²) in [6.07, 6.45) is 1.29. The van der Waals surface area contributed by atoms with Gasteiger partial charge in [0.2, 0.25) is 0 Å². The molecule has 1 aliphatic rings. The van der Waals surface area contributed by atoms with E-state index in [0.29, 0.717) is 5.92 Å². The molecule has 100 valence electrons. The van der Waals surface area contributed by atoms with Gasteiger partial charge in [-0.15, -0.1) is 0 Å². The highest BCUT2D eigenvalue weighted by atomic mass is 79.9. The minimum absolute atomic E-state index is 0.0926. The number of hydrazine groups is 1. The van der Waals surface area contributed by atoms with Crippen molar-refractivity contribution in [1.29, 1.82) is 0 Å². The van der Waals surface area contributed by atoms with Crippen LogP contribution < -0.4 is 11.3 Å². The van der Waals surface area contributed by atoms with E-state index in [9.17, 15) is 8.78 Å². The third kappa shape index (κ3) is 2.58. The van der Waals surface area contributed by atoms with Crippen molar-refractivity contribution in [3.8, 4) is 0 Å². The van der Waals surface area contributed by atoms with Crippen molar-refractivity contribution < 1.29 is 8.78 Å². The van der Waals surface area contributed by atoms with Crippen molar-refractivity contribution in [3.05, 3.63) is 33.8 Å². The van der Waals surface area contributed by atoms with Crippen molar-refractivity contribution in [3.63, 3.8) is 0 Å². The Kier molecular flexibility index (Phi) is 3.76. The van der Waals surface area contributed by atoms with E-state index in [1.807, 2.05) is 0 Å². The predicted molar refractivity (Wildman–Crippen MR) is 70.8 cm³/mol. The van der Waals surface area contributed by atoms with Gasteiger partial charge in [-0.05, 0) is 52.2 Å². The maximum Gasteiger partial charge on any atom is 0.143 e. The third-order valence-corrected chi connectivity index (χ3v) is 4.46. The molecule has 5 heteroatoms. The quantitative estimate of drug-likeness (QED) is 0.508. The average Bonchev–Trinajstić information content (AvgIpc) is 2.94. The molecule has 2 unspecified atom stereocenters. The molecule has 1 aliphatic carbocycles. The maximum absolute atomic E-state index is 13.9. The lowest BCUT2D eigenvalue weighted by Crippen LogP contribution is -2.40. The molecule has 2 rings (SSSR count). The van der Waals surface area contributed by atoms with Gasteiger partial charge in [-0.1, -0.05) is 13.8 Å². The lowest BCUT2D eigenvalue weighted by atomic mass is 9.97. The first-order valence-corrected chi connectivity index (χ1v) is 6.74. The number of rotatable bonds is 4. The van der Waals surface area contributed by atoms with Crippen LogP contribution in [0, 0.1) is 23.0 Å². The smallest absolute Gasteiger partial charge is 0.143 e. The molecule has 0 saturated heterocycles. The molecular formula is C13H17BrF2N2. The molecule has 0 radical (unpaired) electrons. The summed E-state index contributed by atoms with van der Waals surface area (Å²) in [5.74, 6) is 4.82. The fraction of sp³-hybridized carbons (Fsp3) is 0.538. The largest absolute Gasteiger partial charge is 0.271 e. The lowest BCUT2D eigenvalue weighted by molar-refractivity contribution is 0.397. The molecule has 0 bridgehead atoms. The first kappa shape index (κ1) is 13.9. The molecule has 3 N–H and O–H groups in total. The normalized spacial score (nSPS) is 22.9. The highest BCUT2D eigenvalue weighted by Crippen LogP contribution is 2.54. The number of benzene rings is 1. The molecule has 0 spiro atoms. The molecule has 1 aromatic rings. The molecule has 0 amide bonds. The van der Waals surface area contributed by atoms with Crippen LogP contribution in [0.2, 0.25) is 0 Å². The van der Waals surface area contributed by atoms with Crippen molar-refractivity contribution in [2.75, 3.05) is 0 Å². The van der Waals surface area contributed by atoms with Crippen molar-refractivity contribution in [1.82, 2.24) is 5.43 Å². The number of nitrogens with two attached hydrogens (primary N) is 1. The van der Waals surface area contributed by atoms with Crippen molar-refractivity contribution in [2.45, 2.75) is 32.7 Å². The molecule has 2 nitrogen and oxygen atoms in total. The second-order valence-corrected chi connectivity index (χ2v) is 6.45. The Hall–Kier alpha value is -0.520. The van der Waals surface area contributed by atoms with E-state index in [2.05, 4.69) is 35.2 Å². The first-order valence-electron chi connectivity index (χ1n) is 5.95. The summed E-state index contributed by atoms with van der Waals surface area (Å²) in [5.41, 5.74) is 2.99. The van der Waals surface area contributed by atoms with Crippen molar-refractivity contribution >= 4 is 15.9 Å². The Bertz CT molecular complexity index is 463. The lowest BCUT2D eigenvalue weighted by Gasteiger charge is -2.18. The maximum atomic E-state index is 13.9. The summed E-state index contributed by atoms with van der Waals surface area (Å²) < 4.78 is 27.8. The van der Waals surface area contributed by atoms with Crippen LogP contribution >= 0.6 is 15.9 Å². The third-order valence-electron chi connectivity index (χ3n) is 3.85. The molecule has 1 aromatic carbocycles. The molecule has 0 aromatic heterocycles. The summed E-state index contributed by atoms with van der Waals surface area (Å²) in [4.78, 5) is 0. The Labute approximate surface area is 114 Å². The summed E-state index contributed by atoms with van der Waals surface area (Å²) in [6, 6.07) is 2.55. The monoisotopic (exact) mass is 318 g/mol. The minimum atomic E-state index is -0.534. The molecular weight excluding hydrogens is 302 g/mol. The van der Waals surface area contributed by atoms with E-state index in [4.69, 9.17) is 5.84 Å². The standard InChI is InChI=1S/C13H17BrF2N2/c1-13(2)6-8(13)11(18-17)5-7-10(15)4-3-9(14)12(7)16/h3-4,8,11,18H,5-6,17H2,1-2H3. The molecule has 0 aliphatic heterocycles. The molecule has 0 heterocycles. The van der Waals surface area contributed by atoms with Gasteiger partial charge < -0.3 is 0 Å². The number of halogens is 3. The summed E-state index contributed by atoms with van der Waals surface area (Å²) >= 11 is 3.07. The summed E-state index contributed by atoms with van der Waals surface area (Å²) in [5, 5.41) is 0. The van der Waals surface area contributed by atoms with Gasteiger partial charge >= 0.3 is 0 Å². The highest BCUT2D eigenvalue weighted by molar-refractivity contribution is 9.10. The van der Waals surface area contributed by atoms with Crippen LogP contribution in [-0.4, -0.2) is 6.04 Å². The average molecular weight is 319 g/mol. The van der Waals surface area contributed by atoms with Crippen LogP contribution in [0.15, 0.2) is 16.6 Å². The van der Waals surface area contributed by atoms with E-state index < -0.39 is 11.6 Å². The number of nitrogens with one attached hydrogen (secondary N) is 1. The second-order valence-electron chi connectivity index (χ2n) is 5.60. The van der Waals surface area contributed by atoms with Crippen LogP contribution in [0.4, 0.5) is 8.78 Å². The van der Waals surface area contributed by atoms with Crippen LogP contribution in [0.5, 0.6) is 0 Å². The van der Waals surface area contributed by atoms with Crippen LogP contribution in [-0.2, 0) is 6.42 Å². The van der Waals surface area contributed by atoms with Gasteiger partial charge in [0.15, 0.2) is 0 Å². The van der Waals surface area contributed by atoms with Gasteiger partial charge in [0.05, 0.1) is 4.47 Å². The predicted octanol–water partition coefficient (Wildman–Crippen LogP) is 3.15. The SMILES string of the molecule is CC1(C)CC1C(Cc1c(F)ccc(Br)c1F)NN. The Morgan fingerprint density at radius 2 is 2.11 bits per heavy atom. The van der Waals surface area contributed by atoms with E-state index in [1.54, 1.807) is 0 Å². The Morgan fingerprint density at radius 3 is 2.61 bits per heavy atom. The fourth-order valence-electron chi connectivity index (χ4n) is 2.49. The molecule has 2 atom stereocenters. The molecule has 18 heavy (non-hydrogen) atoms. The van der Waals surface area contributed by atoms with E-state index >= 15 is 0 Å². The second kappa shape index (κ2) is 4.87. The van der Waals surface area contributed by atoms with Gasteiger partial charge in [0, 0.05) is 11.6 Å². The zero-order chi connectivity index (χ0) is 13.5. The highest BCUT2D eigenvalue weighted by Gasteiger charge is 2.49. The number of hydrogen-bond donors (Lipinski definition) is 2. The molecule has 1 fully saturated rings. The first-order chi connectivity index (χ1) is 8.36. The van der Waals surface area contributed by atoms with Crippen LogP contribution in [0.1, 0.15) is 25.8 Å². The van der Waals surface area contributed by atoms with Gasteiger partial charge in [-0.25, -0.2) is 8.78 Å². The van der Waals surface area contributed by atoms with E-state index in [1.165, 1.54) is 12.1 Å². The van der Waals surface area contributed by atoms with E-state index in [0.717, 1.165) is 6.42 Å². The summed E-state index contributed by atoms with van der Waals surface area (Å²) in [6.45, 7) is 4.27. The van der Waals surface area contributed by atoms with Crippen molar-refractivity contribution in [2.24, 2.45) is 17.2 Å². The zero-order valence-corrected chi connectivity index (χ0v) is 12.0. The van der Waals surface area contributed by atoms with Crippen LogP contribution in [0.25, 0.3) is 0 Å². The van der Waals surface area contributed by atoms with Gasteiger partial charge in [0.25, 0.3) is 0 Å². The molecule has 1 saturated carbocycles. The Morgan fingerprint density at radius 1 is 1.50 bits per heavy atom. The minimum Gasteiger partial charge on any atom is -0.271 e. The Balaban J connectivity index is 2.20. The van der Waals surface area contributed by atoms with Gasteiger partial charge in [0.1, 0.15) is 11.6 Å². The van der Waals surface area contributed by atoms with Gasteiger partial charge in [-0.2, -0.15) is 0 Å². The number of hydrogen-bond acceptors (Lipinski definition) is 2. The van der Waals surface area contributed by atoms with Gasteiger partial charge in [-0.3, -0.25) is 11.3 Å². The van der Waals surface area contributed by atoms with E-state index in [-0.39, 0.29) is 27.9 Å². The summed E-state index contributed by atoms with van der Waals surface area (Å²) in [7, 11) is 0. The fourth-order valence-corrected chi connectivity index (χ4v) is 2.86. The zero-order valence-electron chi connectivity index (χ0n) is 10.4.